The lowest BCUT2D eigenvalue weighted by molar-refractivity contribution is -0.137. The molecule has 1 aromatic rings. The average molecular weight is 207 g/mol. The molecule has 1 unspecified atom stereocenters. The first kappa shape index (κ1) is 11.2. The first-order valence-electron chi connectivity index (χ1n) is 4.67. The van der Waals surface area contributed by atoms with Crippen LogP contribution in [0, 0.1) is 0 Å². The van der Waals surface area contributed by atoms with E-state index in [4.69, 9.17) is 5.11 Å². The molecule has 0 aliphatic heterocycles. The van der Waals surface area contributed by atoms with Crippen molar-refractivity contribution < 1.29 is 14.7 Å². The average Bonchev–Trinajstić information content (AvgIpc) is 2.17. The molecular formula is C11H13NO3. The number of carbonyl (C=O) groups excluding carboxylic acids is 1. The van der Waals surface area contributed by atoms with Crippen molar-refractivity contribution in [1.82, 2.24) is 5.32 Å². The van der Waals surface area contributed by atoms with E-state index in [2.05, 4.69) is 5.32 Å². The van der Waals surface area contributed by atoms with Gasteiger partial charge < -0.3 is 10.4 Å². The Bertz CT molecular complexity index is 348. The minimum atomic E-state index is -0.920. The maximum atomic E-state index is 11.5. The van der Waals surface area contributed by atoms with Crippen molar-refractivity contribution in [3.05, 3.63) is 35.9 Å². The van der Waals surface area contributed by atoms with Crippen molar-refractivity contribution in [1.29, 1.82) is 0 Å². The second-order valence-electron chi connectivity index (χ2n) is 3.34. The van der Waals surface area contributed by atoms with E-state index < -0.39 is 5.97 Å². The van der Waals surface area contributed by atoms with Crippen molar-refractivity contribution in [2.24, 2.45) is 0 Å². The van der Waals surface area contributed by atoms with Gasteiger partial charge in [-0.05, 0) is 19.1 Å². The number of benzene rings is 1. The number of hydrogen-bond donors (Lipinski definition) is 2. The first-order valence-corrected chi connectivity index (χ1v) is 4.67. The summed E-state index contributed by atoms with van der Waals surface area (Å²) in [5.74, 6) is -1.17. The van der Waals surface area contributed by atoms with Crippen molar-refractivity contribution >= 4 is 11.9 Å². The van der Waals surface area contributed by atoms with E-state index >= 15 is 0 Å². The number of carboxylic acids is 1. The van der Waals surface area contributed by atoms with Crippen molar-refractivity contribution in [2.75, 3.05) is 0 Å². The van der Waals surface area contributed by atoms with Crippen LogP contribution in [0.2, 0.25) is 0 Å². The van der Waals surface area contributed by atoms with Crippen LogP contribution in [0.5, 0.6) is 0 Å². The van der Waals surface area contributed by atoms with Crippen LogP contribution in [-0.2, 0) is 4.79 Å². The molecule has 0 saturated carbocycles. The van der Waals surface area contributed by atoms with Gasteiger partial charge in [0, 0.05) is 11.6 Å². The molecule has 0 spiro atoms. The van der Waals surface area contributed by atoms with Gasteiger partial charge in [-0.1, -0.05) is 18.2 Å². The van der Waals surface area contributed by atoms with Crippen LogP contribution >= 0.6 is 0 Å². The standard InChI is InChI=1S/C11H13NO3/c1-8(7-10(13)14)12-11(15)9-5-3-2-4-6-9/h2-6,8H,7H2,1H3,(H,12,15)(H,13,14). The van der Waals surface area contributed by atoms with Gasteiger partial charge in [0.2, 0.25) is 0 Å². The number of carbonyl (C=O) groups is 2. The summed E-state index contributed by atoms with van der Waals surface area (Å²) in [7, 11) is 0. The van der Waals surface area contributed by atoms with E-state index in [1.165, 1.54) is 0 Å². The summed E-state index contributed by atoms with van der Waals surface area (Å²) >= 11 is 0. The Balaban J connectivity index is 2.53. The van der Waals surface area contributed by atoms with Crippen LogP contribution in [0.4, 0.5) is 0 Å². The molecule has 1 amide bonds. The van der Waals surface area contributed by atoms with E-state index in [0.29, 0.717) is 5.56 Å². The van der Waals surface area contributed by atoms with Gasteiger partial charge in [-0.2, -0.15) is 0 Å². The molecule has 0 bridgehead atoms. The molecule has 2 N–H and O–H groups in total. The van der Waals surface area contributed by atoms with Crippen molar-refractivity contribution in [2.45, 2.75) is 19.4 Å². The zero-order valence-corrected chi connectivity index (χ0v) is 8.43. The highest BCUT2D eigenvalue weighted by Crippen LogP contribution is 1.99. The lowest BCUT2D eigenvalue weighted by Crippen LogP contribution is -2.34. The van der Waals surface area contributed by atoms with E-state index in [-0.39, 0.29) is 18.4 Å². The van der Waals surface area contributed by atoms with Crippen LogP contribution in [0.3, 0.4) is 0 Å². The molecule has 0 saturated heterocycles. The lowest BCUT2D eigenvalue weighted by Gasteiger charge is -2.11. The predicted molar refractivity (Wildman–Crippen MR) is 55.6 cm³/mol. The van der Waals surface area contributed by atoms with Crippen molar-refractivity contribution in [3.63, 3.8) is 0 Å². The number of carboxylic acid groups (broad SMARTS) is 1. The SMILES string of the molecule is CC(CC(=O)O)NC(=O)c1ccccc1. The Morgan fingerprint density at radius 2 is 1.93 bits per heavy atom. The van der Waals surface area contributed by atoms with Gasteiger partial charge in [0.25, 0.3) is 5.91 Å². The van der Waals surface area contributed by atoms with Crippen LogP contribution in [0.15, 0.2) is 30.3 Å². The Hall–Kier alpha value is -1.84. The lowest BCUT2D eigenvalue weighted by atomic mass is 10.2. The molecule has 80 valence electrons. The topological polar surface area (TPSA) is 66.4 Å². The molecule has 0 aliphatic rings. The molecule has 0 aliphatic carbocycles. The molecule has 1 atom stereocenters. The Kier molecular flexibility index (Phi) is 3.85. The summed E-state index contributed by atoms with van der Waals surface area (Å²) in [5, 5.41) is 11.1. The van der Waals surface area contributed by atoms with Gasteiger partial charge in [-0.15, -0.1) is 0 Å². The summed E-state index contributed by atoms with van der Waals surface area (Å²) in [6.45, 7) is 1.66. The van der Waals surface area contributed by atoms with Crippen LogP contribution < -0.4 is 5.32 Å². The maximum Gasteiger partial charge on any atom is 0.305 e. The van der Waals surface area contributed by atoms with Crippen LogP contribution in [0.25, 0.3) is 0 Å². The fourth-order valence-electron chi connectivity index (χ4n) is 1.21. The zero-order chi connectivity index (χ0) is 11.3. The molecule has 15 heavy (non-hydrogen) atoms. The number of nitrogens with one attached hydrogen (secondary N) is 1. The number of amides is 1. The van der Waals surface area contributed by atoms with Gasteiger partial charge in [0.05, 0.1) is 6.42 Å². The first-order chi connectivity index (χ1) is 7.09. The molecule has 0 fully saturated rings. The van der Waals surface area contributed by atoms with Gasteiger partial charge in [0.15, 0.2) is 0 Å². The fraction of sp³-hybridized carbons (Fsp3) is 0.273. The third-order valence-electron chi connectivity index (χ3n) is 1.89. The second-order valence-corrected chi connectivity index (χ2v) is 3.34. The number of aliphatic carboxylic acids is 1. The summed E-state index contributed by atoms with van der Waals surface area (Å²) in [6, 6.07) is 8.34. The highest BCUT2D eigenvalue weighted by molar-refractivity contribution is 5.94. The van der Waals surface area contributed by atoms with Crippen LogP contribution in [0.1, 0.15) is 23.7 Å². The monoisotopic (exact) mass is 207 g/mol. The molecule has 0 heterocycles. The van der Waals surface area contributed by atoms with Gasteiger partial charge in [-0.25, -0.2) is 0 Å². The quantitative estimate of drug-likeness (QED) is 0.781. The van der Waals surface area contributed by atoms with Gasteiger partial charge >= 0.3 is 5.97 Å². The molecule has 1 aromatic carbocycles. The maximum absolute atomic E-state index is 11.5. The highest BCUT2D eigenvalue weighted by atomic mass is 16.4. The highest BCUT2D eigenvalue weighted by Gasteiger charge is 2.11. The van der Waals surface area contributed by atoms with Gasteiger partial charge in [0.1, 0.15) is 0 Å². The second kappa shape index (κ2) is 5.14. The number of hydrogen-bond acceptors (Lipinski definition) is 2. The summed E-state index contributed by atoms with van der Waals surface area (Å²) in [4.78, 5) is 21.9. The largest absolute Gasteiger partial charge is 0.481 e. The van der Waals surface area contributed by atoms with E-state index in [1.807, 2.05) is 6.07 Å². The van der Waals surface area contributed by atoms with Gasteiger partial charge in [-0.3, -0.25) is 9.59 Å². The summed E-state index contributed by atoms with van der Waals surface area (Å²) in [6.07, 6.45) is -0.0709. The van der Waals surface area contributed by atoms with E-state index in [9.17, 15) is 9.59 Å². The minimum Gasteiger partial charge on any atom is -0.481 e. The summed E-state index contributed by atoms with van der Waals surface area (Å²) in [5.41, 5.74) is 0.537. The third kappa shape index (κ3) is 3.81. The molecule has 4 heteroatoms. The van der Waals surface area contributed by atoms with Crippen molar-refractivity contribution in [3.8, 4) is 0 Å². The van der Waals surface area contributed by atoms with Crippen LogP contribution in [-0.4, -0.2) is 23.0 Å². The molecule has 0 radical (unpaired) electrons. The fourth-order valence-corrected chi connectivity index (χ4v) is 1.21. The molecular weight excluding hydrogens is 194 g/mol. The van der Waals surface area contributed by atoms with E-state index in [0.717, 1.165) is 0 Å². The Morgan fingerprint density at radius 3 is 2.47 bits per heavy atom. The molecule has 0 aromatic heterocycles. The normalized spacial score (nSPS) is 11.8. The smallest absolute Gasteiger partial charge is 0.305 e. The minimum absolute atomic E-state index is 0.0709. The van der Waals surface area contributed by atoms with E-state index in [1.54, 1.807) is 31.2 Å². The summed E-state index contributed by atoms with van der Waals surface area (Å²) < 4.78 is 0. The third-order valence-corrected chi connectivity index (χ3v) is 1.89. The molecule has 1 rings (SSSR count). The Morgan fingerprint density at radius 1 is 1.33 bits per heavy atom. The number of rotatable bonds is 4. The Labute approximate surface area is 87.9 Å². The zero-order valence-electron chi connectivity index (χ0n) is 8.43. The predicted octanol–water partition coefficient (Wildman–Crippen LogP) is 1.28. The molecule has 4 nitrogen and oxygen atoms in total.